The van der Waals surface area contributed by atoms with E-state index in [9.17, 15) is 4.79 Å². The SMILES string of the molecule is Cc1noc(C)c1-c1cc(NC(=O)C2CC2)ccc1OCCN1CCC1. The number of amides is 1. The fourth-order valence-corrected chi connectivity index (χ4v) is 3.28. The van der Waals surface area contributed by atoms with Crippen LogP contribution in [0.5, 0.6) is 5.75 Å². The molecule has 6 heteroatoms. The second-order valence-electron chi connectivity index (χ2n) is 7.22. The van der Waals surface area contributed by atoms with Crippen molar-refractivity contribution < 1.29 is 14.1 Å². The van der Waals surface area contributed by atoms with Gasteiger partial charge in [0.2, 0.25) is 5.91 Å². The van der Waals surface area contributed by atoms with Crippen LogP contribution in [0, 0.1) is 19.8 Å². The molecule has 1 aromatic carbocycles. The van der Waals surface area contributed by atoms with Gasteiger partial charge in [-0.25, -0.2) is 0 Å². The molecule has 1 saturated heterocycles. The number of nitrogens with one attached hydrogen (secondary N) is 1. The average Bonchev–Trinajstić information content (AvgIpc) is 3.37. The molecule has 2 aliphatic rings. The molecule has 0 spiro atoms. The summed E-state index contributed by atoms with van der Waals surface area (Å²) in [4.78, 5) is 14.5. The van der Waals surface area contributed by atoms with E-state index in [0.29, 0.717) is 6.61 Å². The molecule has 0 unspecified atom stereocenters. The van der Waals surface area contributed by atoms with Crippen molar-refractivity contribution in [3.05, 3.63) is 29.7 Å². The molecule has 2 fully saturated rings. The highest BCUT2D eigenvalue weighted by atomic mass is 16.5. The molecule has 0 bridgehead atoms. The van der Waals surface area contributed by atoms with Crippen LogP contribution < -0.4 is 10.1 Å². The van der Waals surface area contributed by atoms with E-state index in [1.807, 2.05) is 32.0 Å². The van der Waals surface area contributed by atoms with E-state index in [1.165, 1.54) is 6.42 Å². The molecule has 0 atom stereocenters. The summed E-state index contributed by atoms with van der Waals surface area (Å²) in [7, 11) is 0. The lowest BCUT2D eigenvalue weighted by Crippen LogP contribution is -2.39. The Morgan fingerprint density at radius 2 is 2.15 bits per heavy atom. The summed E-state index contributed by atoms with van der Waals surface area (Å²) in [6.07, 6.45) is 3.25. The van der Waals surface area contributed by atoms with Crippen molar-refractivity contribution in [2.45, 2.75) is 33.1 Å². The molecule has 4 rings (SSSR count). The predicted molar refractivity (Wildman–Crippen MR) is 99.3 cm³/mol. The second-order valence-corrected chi connectivity index (χ2v) is 7.22. The Morgan fingerprint density at radius 1 is 1.35 bits per heavy atom. The maximum Gasteiger partial charge on any atom is 0.227 e. The Hall–Kier alpha value is -2.34. The normalized spacial score (nSPS) is 17.0. The number of hydrogen-bond acceptors (Lipinski definition) is 5. The summed E-state index contributed by atoms with van der Waals surface area (Å²) in [5.41, 5.74) is 3.46. The summed E-state index contributed by atoms with van der Waals surface area (Å²) in [6.45, 7) is 7.71. The third-order valence-electron chi connectivity index (χ3n) is 5.11. The summed E-state index contributed by atoms with van der Waals surface area (Å²) in [6, 6.07) is 5.80. The van der Waals surface area contributed by atoms with Crippen LogP contribution in [-0.2, 0) is 4.79 Å². The third-order valence-corrected chi connectivity index (χ3v) is 5.11. The lowest BCUT2D eigenvalue weighted by atomic mass is 10.0. The summed E-state index contributed by atoms with van der Waals surface area (Å²) in [5.74, 6) is 1.82. The fraction of sp³-hybridized carbons (Fsp3) is 0.500. The number of hydrogen-bond donors (Lipinski definition) is 1. The number of carbonyl (C=O) groups excluding carboxylic acids is 1. The Labute approximate surface area is 153 Å². The van der Waals surface area contributed by atoms with Crippen molar-refractivity contribution in [2.24, 2.45) is 5.92 Å². The zero-order valence-corrected chi connectivity index (χ0v) is 15.4. The first kappa shape index (κ1) is 17.1. The molecule has 1 aliphatic carbocycles. The maximum atomic E-state index is 12.1. The van der Waals surface area contributed by atoms with Crippen LogP contribution in [-0.4, -0.2) is 42.2 Å². The van der Waals surface area contributed by atoms with Gasteiger partial charge in [0.25, 0.3) is 0 Å². The van der Waals surface area contributed by atoms with Crippen LogP contribution in [0.3, 0.4) is 0 Å². The quantitative estimate of drug-likeness (QED) is 0.824. The van der Waals surface area contributed by atoms with Gasteiger partial charge in [0.1, 0.15) is 18.1 Å². The van der Waals surface area contributed by atoms with Gasteiger partial charge in [0.15, 0.2) is 0 Å². The van der Waals surface area contributed by atoms with Gasteiger partial charge in [0, 0.05) is 23.7 Å². The monoisotopic (exact) mass is 355 g/mol. The minimum Gasteiger partial charge on any atom is -0.492 e. The number of rotatable bonds is 7. The van der Waals surface area contributed by atoms with Crippen LogP contribution in [0.2, 0.25) is 0 Å². The van der Waals surface area contributed by atoms with Crippen molar-refractivity contribution in [3.63, 3.8) is 0 Å². The molecule has 0 radical (unpaired) electrons. The Balaban J connectivity index is 1.57. The molecule has 1 saturated carbocycles. The fourth-order valence-electron chi connectivity index (χ4n) is 3.28. The topological polar surface area (TPSA) is 67.6 Å². The van der Waals surface area contributed by atoms with Gasteiger partial charge in [-0.2, -0.15) is 0 Å². The summed E-state index contributed by atoms with van der Waals surface area (Å²) in [5, 5.41) is 7.08. The first-order valence-corrected chi connectivity index (χ1v) is 9.35. The van der Waals surface area contributed by atoms with E-state index in [0.717, 1.165) is 66.5 Å². The maximum absolute atomic E-state index is 12.1. The van der Waals surface area contributed by atoms with E-state index in [2.05, 4.69) is 15.4 Å². The van der Waals surface area contributed by atoms with Gasteiger partial charge in [-0.05, 0) is 64.4 Å². The summed E-state index contributed by atoms with van der Waals surface area (Å²) >= 11 is 0. The predicted octanol–water partition coefficient (Wildman–Crippen LogP) is 3.39. The molecule has 6 nitrogen and oxygen atoms in total. The highest BCUT2D eigenvalue weighted by molar-refractivity contribution is 5.95. The van der Waals surface area contributed by atoms with Crippen molar-refractivity contribution in [1.29, 1.82) is 0 Å². The van der Waals surface area contributed by atoms with E-state index < -0.39 is 0 Å². The molecule has 2 aromatic rings. The number of nitrogens with zero attached hydrogens (tertiary/aromatic N) is 2. The molecule has 2 heterocycles. The van der Waals surface area contributed by atoms with E-state index >= 15 is 0 Å². The van der Waals surface area contributed by atoms with Gasteiger partial charge in [-0.15, -0.1) is 0 Å². The van der Waals surface area contributed by atoms with Crippen molar-refractivity contribution >= 4 is 11.6 Å². The van der Waals surface area contributed by atoms with Crippen molar-refractivity contribution in [1.82, 2.24) is 10.1 Å². The molecular weight excluding hydrogens is 330 g/mol. The minimum atomic E-state index is 0.0983. The van der Waals surface area contributed by atoms with Crippen LogP contribution in [0.4, 0.5) is 5.69 Å². The molecule has 1 N–H and O–H groups in total. The molecule has 1 aromatic heterocycles. The second kappa shape index (κ2) is 7.11. The van der Waals surface area contributed by atoms with Crippen LogP contribution in [0.15, 0.2) is 22.7 Å². The van der Waals surface area contributed by atoms with Gasteiger partial charge >= 0.3 is 0 Å². The number of carbonyl (C=O) groups is 1. The Kier molecular flexibility index (Phi) is 4.68. The van der Waals surface area contributed by atoms with E-state index in [-0.39, 0.29) is 11.8 Å². The average molecular weight is 355 g/mol. The first-order valence-electron chi connectivity index (χ1n) is 9.35. The number of aryl methyl sites for hydroxylation is 2. The Bertz CT molecular complexity index is 787. The van der Waals surface area contributed by atoms with Gasteiger partial charge in [-0.3, -0.25) is 9.69 Å². The number of ether oxygens (including phenoxy) is 1. The number of likely N-dealkylation sites (tertiary alicyclic amines) is 1. The van der Waals surface area contributed by atoms with E-state index in [4.69, 9.17) is 9.26 Å². The van der Waals surface area contributed by atoms with Gasteiger partial charge in [-0.1, -0.05) is 5.16 Å². The number of aromatic nitrogens is 1. The zero-order valence-electron chi connectivity index (χ0n) is 15.4. The Morgan fingerprint density at radius 3 is 2.77 bits per heavy atom. The van der Waals surface area contributed by atoms with Crippen molar-refractivity contribution in [3.8, 4) is 16.9 Å². The van der Waals surface area contributed by atoms with Crippen LogP contribution >= 0.6 is 0 Å². The standard InChI is InChI=1S/C20H25N3O3/c1-13-19(14(2)26-22-13)17-12-16(21-20(24)15-4-5-15)6-7-18(17)25-11-10-23-8-3-9-23/h6-7,12,15H,3-5,8-11H2,1-2H3,(H,21,24). The smallest absolute Gasteiger partial charge is 0.227 e. The third kappa shape index (κ3) is 3.60. The van der Waals surface area contributed by atoms with E-state index in [1.54, 1.807) is 0 Å². The summed E-state index contributed by atoms with van der Waals surface area (Å²) < 4.78 is 11.4. The first-order chi connectivity index (χ1) is 12.6. The van der Waals surface area contributed by atoms with Gasteiger partial charge < -0.3 is 14.6 Å². The highest BCUT2D eigenvalue weighted by Crippen LogP contribution is 2.37. The van der Waals surface area contributed by atoms with Crippen molar-refractivity contribution in [2.75, 3.05) is 31.6 Å². The molecule has 1 aliphatic heterocycles. The molecule has 1 amide bonds. The molecule has 138 valence electrons. The highest BCUT2D eigenvalue weighted by Gasteiger charge is 2.29. The lowest BCUT2D eigenvalue weighted by molar-refractivity contribution is -0.117. The molecular formula is C20H25N3O3. The number of anilines is 1. The largest absolute Gasteiger partial charge is 0.492 e. The molecule has 26 heavy (non-hydrogen) atoms. The lowest BCUT2D eigenvalue weighted by Gasteiger charge is -2.30. The number of benzene rings is 1. The minimum absolute atomic E-state index is 0.0983. The van der Waals surface area contributed by atoms with Crippen LogP contribution in [0.1, 0.15) is 30.7 Å². The zero-order chi connectivity index (χ0) is 18.1. The van der Waals surface area contributed by atoms with Crippen LogP contribution in [0.25, 0.3) is 11.1 Å². The van der Waals surface area contributed by atoms with Gasteiger partial charge in [0.05, 0.1) is 11.3 Å².